The molecule has 10 aromatic rings. The molecule has 0 unspecified atom stereocenters. The molecule has 210 valence electrons. The van der Waals surface area contributed by atoms with Crippen molar-refractivity contribution in [2.45, 2.75) is 0 Å². The van der Waals surface area contributed by atoms with Gasteiger partial charge in [-0.05, 0) is 54.6 Å². The van der Waals surface area contributed by atoms with E-state index in [1.807, 2.05) is 12.4 Å². The van der Waals surface area contributed by atoms with Crippen LogP contribution in [-0.4, -0.2) is 18.7 Å². The van der Waals surface area contributed by atoms with Crippen LogP contribution in [0.4, 0.5) is 0 Å². The molecule has 4 nitrogen and oxygen atoms in total. The average molecular weight is 575 g/mol. The van der Waals surface area contributed by atoms with Gasteiger partial charge in [0.1, 0.15) is 0 Å². The molecule has 0 amide bonds. The zero-order valence-corrected chi connectivity index (χ0v) is 24.3. The van der Waals surface area contributed by atoms with E-state index in [0.29, 0.717) is 0 Å². The van der Waals surface area contributed by atoms with Gasteiger partial charge in [0.25, 0.3) is 0 Å². The fourth-order valence-corrected chi connectivity index (χ4v) is 7.46. The smallest absolute Gasteiger partial charge is 0.0571 e. The lowest BCUT2D eigenvalue weighted by Gasteiger charge is -2.17. The van der Waals surface area contributed by atoms with Gasteiger partial charge in [-0.3, -0.25) is 4.98 Å². The highest BCUT2D eigenvalue weighted by molar-refractivity contribution is 6.11. The van der Waals surface area contributed by atoms with E-state index in [2.05, 4.69) is 164 Å². The van der Waals surface area contributed by atoms with E-state index < -0.39 is 0 Å². The van der Waals surface area contributed by atoms with Gasteiger partial charge >= 0.3 is 0 Å². The van der Waals surface area contributed by atoms with Gasteiger partial charge in [0.15, 0.2) is 0 Å². The van der Waals surface area contributed by atoms with E-state index >= 15 is 0 Å². The predicted molar refractivity (Wildman–Crippen MR) is 187 cm³/mol. The number of benzene rings is 6. The molecule has 0 bridgehead atoms. The van der Waals surface area contributed by atoms with Gasteiger partial charge in [0, 0.05) is 44.7 Å². The van der Waals surface area contributed by atoms with Crippen LogP contribution in [0.15, 0.2) is 158 Å². The van der Waals surface area contributed by atoms with Crippen LogP contribution in [0.5, 0.6) is 0 Å². The van der Waals surface area contributed by atoms with Crippen LogP contribution < -0.4 is 0 Å². The van der Waals surface area contributed by atoms with Crippen LogP contribution in [0.1, 0.15) is 0 Å². The fourth-order valence-electron chi connectivity index (χ4n) is 7.46. The topological polar surface area (TPSA) is 27.7 Å². The Balaban J connectivity index is 1.38. The molecule has 0 aliphatic carbocycles. The Morgan fingerprint density at radius 2 is 0.600 bits per heavy atom. The first kappa shape index (κ1) is 24.3. The lowest BCUT2D eigenvalue weighted by molar-refractivity contribution is 1.10. The van der Waals surface area contributed by atoms with Crippen molar-refractivity contribution in [3.8, 4) is 17.1 Å². The monoisotopic (exact) mass is 574 g/mol. The summed E-state index contributed by atoms with van der Waals surface area (Å²) in [6, 6.07) is 52.7. The number of hydrogen-bond donors (Lipinski definition) is 0. The molecule has 0 spiro atoms. The summed E-state index contributed by atoms with van der Waals surface area (Å²) in [5.41, 5.74) is 10.4. The first-order valence-electron chi connectivity index (χ1n) is 15.3. The zero-order chi connectivity index (χ0) is 29.5. The van der Waals surface area contributed by atoms with Crippen molar-refractivity contribution < 1.29 is 0 Å². The Morgan fingerprint density at radius 1 is 0.311 bits per heavy atom. The second-order valence-corrected chi connectivity index (χ2v) is 11.7. The van der Waals surface area contributed by atoms with Crippen LogP contribution in [0.3, 0.4) is 0 Å². The minimum Gasteiger partial charge on any atom is -0.309 e. The minimum atomic E-state index is 1.10. The Kier molecular flexibility index (Phi) is 4.96. The van der Waals surface area contributed by atoms with Crippen molar-refractivity contribution in [2.24, 2.45) is 0 Å². The lowest BCUT2D eigenvalue weighted by atomic mass is 10.2. The summed E-state index contributed by atoms with van der Waals surface area (Å²) in [5.74, 6) is 0. The summed E-state index contributed by atoms with van der Waals surface area (Å²) in [7, 11) is 0. The molecule has 0 saturated heterocycles. The highest BCUT2D eigenvalue weighted by Crippen LogP contribution is 2.38. The molecule has 0 atom stereocenters. The third kappa shape index (κ3) is 3.39. The lowest BCUT2D eigenvalue weighted by Crippen LogP contribution is -2.03. The van der Waals surface area contributed by atoms with Gasteiger partial charge in [0.05, 0.1) is 50.2 Å². The van der Waals surface area contributed by atoms with Crippen LogP contribution in [0, 0.1) is 0 Å². The van der Waals surface area contributed by atoms with Crippen LogP contribution in [0.25, 0.3) is 82.5 Å². The molecule has 0 fully saturated rings. The number of para-hydroxylation sites is 5. The molecule has 0 radical (unpaired) electrons. The number of fused-ring (bicyclic) bond motifs is 9. The standard InChI is InChI=1S/C41H26N4/c1-6-16-36-30(11-1)31-12-2-7-17-37(31)43(36)27-23-28(44-38-18-8-3-13-32(38)33-14-4-9-19-39(33)44)25-29(24-27)45-40-20-10-5-15-34(40)35-26-42-22-21-41(35)45/h1-26H. The molecule has 4 heteroatoms. The molecule has 4 aromatic heterocycles. The maximum Gasteiger partial charge on any atom is 0.0571 e. The van der Waals surface area contributed by atoms with Crippen LogP contribution >= 0.6 is 0 Å². The SMILES string of the molecule is c1ccc2c(c1)c1ccccc1n2-c1cc(-n2c3ccccc3c3ccccc32)cc(-n2c3ccccc3c3cnccc32)c1. The number of hydrogen-bond acceptors (Lipinski definition) is 1. The molecule has 0 aliphatic rings. The second-order valence-electron chi connectivity index (χ2n) is 11.7. The van der Waals surface area contributed by atoms with E-state index in [9.17, 15) is 0 Å². The number of nitrogens with zero attached hydrogens (tertiary/aromatic N) is 4. The zero-order valence-electron chi connectivity index (χ0n) is 24.3. The van der Waals surface area contributed by atoms with E-state index in [1.54, 1.807) is 0 Å². The summed E-state index contributed by atoms with van der Waals surface area (Å²) in [6.07, 6.45) is 3.88. The number of pyridine rings is 1. The summed E-state index contributed by atoms with van der Waals surface area (Å²) in [4.78, 5) is 4.50. The van der Waals surface area contributed by atoms with Crippen LogP contribution in [0.2, 0.25) is 0 Å². The van der Waals surface area contributed by atoms with Crippen molar-refractivity contribution in [3.63, 3.8) is 0 Å². The Bertz CT molecular complexity index is 2300. The van der Waals surface area contributed by atoms with Gasteiger partial charge < -0.3 is 13.7 Å². The Hall–Kier alpha value is -6.13. The average Bonchev–Trinajstić information content (AvgIpc) is 3.74. The molecule has 0 saturated carbocycles. The van der Waals surface area contributed by atoms with Gasteiger partial charge in [-0.2, -0.15) is 0 Å². The molecule has 10 rings (SSSR count). The van der Waals surface area contributed by atoms with Gasteiger partial charge in [-0.25, -0.2) is 0 Å². The van der Waals surface area contributed by atoms with Crippen molar-refractivity contribution in [1.29, 1.82) is 0 Å². The fraction of sp³-hybridized carbons (Fsp3) is 0. The summed E-state index contributed by atoms with van der Waals surface area (Å²) in [6.45, 7) is 0. The van der Waals surface area contributed by atoms with E-state index in [4.69, 9.17) is 0 Å². The third-order valence-electron chi connectivity index (χ3n) is 9.30. The predicted octanol–water partition coefficient (Wildman–Crippen LogP) is 10.4. The summed E-state index contributed by atoms with van der Waals surface area (Å²) in [5, 5.41) is 7.34. The molecular weight excluding hydrogens is 548 g/mol. The third-order valence-corrected chi connectivity index (χ3v) is 9.30. The van der Waals surface area contributed by atoms with Crippen LogP contribution in [-0.2, 0) is 0 Å². The number of aromatic nitrogens is 4. The van der Waals surface area contributed by atoms with E-state index in [0.717, 1.165) is 33.5 Å². The molecule has 4 heterocycles. The maximum atomic E-state index is 4.50. The highest BCUT2D eigenvalue weighted by Gasteiger charge is 2.19. The van der Waals surface area contributed by atoms with Gasteiger partial charge in [0.2, 0.25) is 0 Å². The van der Waals surface area contributed by atoms with E-state index in [-0.39, 0.29) is 0 Å². The van der Waals surface area contributed by atoms with Crippen molar-refractivity contribution >= 4 is 65.4 Å². The van der Waals surface area contributed by atoms with E-state index in [1.165, 1.54) is 49.0 Å². The molecule has 6 aromatic carbocycles. The van der Waals surface area contributed by atoms with Gasteiger partial charge in [-0.15, -0.1) is 0 Å². The van der Waals surface area contributed by atoms with Gasteiger partial charge in [-0.1, -0.05) is 91.0 Å². The van der Waals surface area contributed by atoms with Crippen molar-refractivity contribution in [1.82, 2.24) is 18.7 Å². The first-order valence-corrected chi connectivity index (χ1v) is 15.3. The molecule has 45 heavy (non-hydrogen) atoms. The normalized spacial score (nSPS) is 12.0. The summed E-state index contributed by atoms with van der Waals surface area (Å²) < 4.78 is 7.23. The first-order chi connectivity index (χ1) is 22.3. The quantitative estimate of drug-likeness (QED) is 0.206. The molecule has 0 N–H and O–H groups in total. The number of rotatable bonds is 3. The van der Waals surface area contributed by atoms with Crippen molar-refractivity contribution in [2.75, 3.05) is 0 Å². The second kappa shape index (κ2) is 9.18. The Labute approximate surface area is 258 Å². The Morgan fingerprint density at radius 3 is 0.956 bits per heavy atom. The molecule has 0 aliphatic heterocycles. The minimum absolute atomic E-state index is 1.10. The maximum absolute atomic E-state index is 4.50. The highest BCUT2D eigenvalue weighted by atomic mass is 15.0. The largest absolute Gasteiger partial charge is 0.309 e. The van der Waals surface area contributed by atoms with Crippen molar-refractivity contribution in [3.05, 3.63) is 158 Å². The molecular formula is C41H26N4. The summed E-state index contributed by atoms with van der Waals surface area (Å²) >= 11 is 0.